The van der Waals surface area contributed by atoms with Crippen molar-refractivity contribution < 1.29 is 14.3 Å². The molecule has 6 heteroatoms. The number of ether oxygens (including phenoxy) is 1. The number of amides is 2. The highest BCUT2D eigenvalue weighted by Crippen LogP contribution is 2.36. The highest BCUT2D eigenvalue weighted by Gasteiger charge is 2.41. The van der Waals surface area contributed by atoms with Gasteiger partial charge in [-0.05, 0) is 49.7 Å². The summed E-state index contributed by atoms with van der Waals surface area (Å²) in [6.07, 6.45) is 1.31. The molecule has 0 radical (unpaired) electrons. The van der Waals surface area contributed by atoms with Crippen molar-refractivity contribution in [3.8, 4) is 0 Å². The largest absolute Gasteiger partial charge is 0.381 e. The van der Waals surface area contributed by atoms with Crippen LogP contribution in [0.4, 0.5) is 5.69 Å². The van der Waals surface area contributed by atoms with Crippen LogP contribution in [0.25, 0.3) is 0 Å². The molecule has 2 amide bonds. The number of nitrogens with zero attached hydrogens (tertiary/aromatic N) is 2. The summed E-state index contributed by atoms with van der Waals surface area (Å²) in [4.78, 5) is 30.2. The summed E-state index contributed by atoms with van der Waals surface area (Å²) in [5, 5.41) is 3.08. The lowest BCUT2D eigenvalue weighted by molar-refractivity contribution is -0.125. The van der Waals surface area contributed by atoms with Crippen LogP contribution in [0, 0.1) is 0 Å². The van der Waals surface area contributed by atoms with E-state index >= 15 is 0 Å². The SMILES string of the molecule is CN1CCN(C(=O)c2ccc(NC(=O)C3(c4ccccc4)CCOCC3)cc2)CC1. The second-order valence-corrected chi connectivity index (χ2v) is 8.19. The minimum Gasteiger partial charge on any atom is -0.381 e. The molecule has 0 unspecified atom stereocenters. The normalized spacial score (nSPS) is 19.3. The second-order valence-electron chi connectivity index (χ2n) is 8.19. The lowest BCUT2D eigenvalue weighted by Crippen LogP contribution is -2.47. The summed E-state index contributed by atoms with van der Waals surface area (Å²) in [6, 6.07) is 17.2. The Hall–Kier alpha value is -2.70. The van der Waals surface area contributed by atoms with E-state index in [1.54, 1.807) is 12.1 Å². The lowest BCUT2D eigenvalue weighted by atomic mass is 9.73. The number of nitrogens with one attached hydrogen (secondary N) is 1. The molecule has 0 aromatic heterocycles. The third kappa shape index (κ3) is 4.25. The highest BCUT2D eigenvalue weighted by atomic mass is 16.5. The zero-order valence-corrected chi connectivity index (χ0v) is 17.5. The van der Waals surface area contributed by atoms with Crippen LogP contribution >= 0.6 is 0 Å². The first-order valence-corrected chi connectivity index (χ1v) is 10.6. The molecule has 4 rings (SSSR count). The predicted octanol–water partition coefficient (Wildman–Crippen LogP) is 2.76. The van der Waals surface area contributed by atoms with Crippen LogP contribution in [0.1, 0.15) is 28.8 Å². The molecule has 2 aromatic carbocycles. The molecule has 0 saturated carbocycles. The molecule has 158 valence electrons. The zero-order valence-electron chi connectivity index (χ0n) is 17.5. The van der Waals surface area contributed by atoms with Gasteiger partial charge >= 0.3 is 0 Å². The van der Waals surface area contributed by atoms with E-state index in [-0.39, 0.29) is 11.8 Å². The molecule has 2 fully saturated rings. The molecule has 0 spiro atoms. The number of hydrogen-bond acceptors (Lipinski definition) is 4. The molecule has 2 aliphatic rings. The monoisotopic (exact) mass is 407 g/mol. The standard InChI is InChI=1S/C24H29N3O3/c1-26-13-15-27(16-14-26)22(28)19-7-9-21(10-8-19)25-23(29)24(11-17-30-18-12-24)20-5-3-2-4-6-20/h2-10H,11-18H2,1H3,(H,25,29). The summed E-state index contributed by atoms with van der Waals surface area (Å²) in [7, 11) is 2.07. The van der Waals surface area contributed by atoms with Crippen LogP contribution in [0.2, 0.25) is 0 Å². The van der Waals surface area contributed by atoms with Crippen LogP contribution < -0.4 is 5.32 Å². The van der Waals surface area contributed by atoms with E-state index in [4.69, 9.17) is 4.74 Å². The Morgan fingerprint density at radius 1 is 0.900 bits per heavy atom. The minimum atomic E-state index is -0.589. The number of carbonyl (C=O) groups excluding carboxylic acids is 2. The van der Waals surface area contributed by atoms with Crippen molar-refractivity contribution in [1.29, 1.82) is 0 Å². The molecule has 6 nitrogen and oxygen atoms in total. The Morgan fingerprint density at radius 3 is 2.17 bits per heavy atom. The first-order chi connectivity index (χ1) is 14.6. The molecule has 30 heavy (non-hydrogen) atoms. The van der Waals surface area contributed by atoms with Gasteiger partial charge < -0.3 is 19.9 Å². The molecular weight excluding hydrogens is 378 g/mol. The Balaban J connectivity index is 1.47. The maximum atomic E-state index is 13.3. The Morgan fingerprint density at radius 2 is 1.53 bits per heavy atom. The Bertz CT molecular complexity index is 868. The van der Waals surface area contributed by atoms with Crippen molar-refractivity contribution in [2.45, 2.75) is 18.3 Å². The average molecular weight is 408 g/mol. The van der Waals surface area contributed by atoms with Crippen molar-refractivity contribution in [2.24, 2.45) is 0 Å². The molecule has 2 saturated heterocycles. The molecule has 0 atom stereocenters. The lowest BCUT2D eigenvalue weighted by Gasteiger charge is -2.36. The Labute approximate surface area is 177 Å². The van der Waals surface area contributed by atoms with Gasteiger partial charge in [-0.3, -0.25) is 9.59 Å². The fraction of sp³-hybridized carbons (Fsp3) is 0.417. The van der Waals surface area contributed by atoms with Crippen LogP contribution in [0.15, 0.2) is 54.6 Å². The van der Waals surface area contributed by atoms with E-state index in [0.29, 0.717) is 37.3 Å². The van der Waals surface area contributed by atoms with Crippen molar-refractivity contribution in [1.82, 2.24) is 9.80 Å². The number of rotatable bonds is 4. The van der Waals surface area contributed by atoms with E-state index in [2.05, 4.69) is 17.3 Å². The van der Waals surface area contributed by atoms with Gasteiger partial charge in [0.25, 0.3) is 5.91 Å². The zero-order chi connectivity index (χ0) is 21.0. The fourth-order valence-corrected chi connectivity index (χ4v) is 4.26. The predicted molar refractivity (Wildman–Crippen MR) is 117 cm³/mol. The van der Waals surface area contributed by atoms with Gasteiger partial charge in [0.1, 0.15) is 0 Å². The van der Waals surface area contributed by atoms with Crippen molar-refractivity contribution in [3.05, 3.63) is 65.7 Å². The van der Waals surface area contributed by atoms with Crippen molar-refractivity contribution >= 4 is 17.5 Å². The molecule has 0 aliphatic carbocycles. The number of carbonyl (C=O) groups is 2. The highest BCUT2D eigenvalue weighted by molar-refractivity contribution is 6.00. The topological polar surface area (TPSA) is 61.9 Å². The Kier molecular flexibility index (Phi) is 6.16. The van der Waals surface area contributed by atoms with Gasteiger partial charge in [-0.15, -0.1) is 0 Å². The van der Waals surface area contributed by atoms with E-state index in [0.717, 1.165) is 31.7 Å². The molecule has 2 aliphatic heterocycles. The van der Waals surface area contributed by atoms with E-state index in [1.165, 1.54) is 0 Å². The number of likely N-dealkylation sites (N-methyl/N-ethyl adjacent to an activating group) is 1. The molecule has 1 N–H and O–H groups in total. The summed E-state index contributed by atoms with van der Waals surface area (Å²) in [6.45, 7) is 4.42. The third-order valence-corrected chi connectivity index (χ3v) is 6.29. The average Bonchev–Trinajstić information content (AvgIpc) is 2.80. The third-order valence-electron chi connectivity index (χ3n) is 6.29. The molecule has 2 aromatic rings. The molecular formula is C24H29N3O3. The van der Waals surface area contributed by atoms with Gasteiger partial charge in [-0.1, -0.05) is 30.3 Å². The van der Waals surface area contributed by atoms with E-state index < -0.39 is 5.41 Å². The fourth-order valence-electron chi connectivity index (χ4n) is 4.26. The van der Waals surface area contributed by atoms with Gasteiger partial charge in [-0.25, -0.2) is 0 Å². The summed E-state index contributed by atoms with van der Waals surface area (Å²) in [5.41, 5.74) is 1.79. The molecule has 2 heterocycles. The number of anilines is 1. The van der Waals surface area contributed by atoms with Gasteiger partial charge in [0.2, 0.25) is 5.91 Å². The smallest absolute Gasteiger partial charge is 0.253 e. The number of benzene rings is 2. The summed E-state index contributed by atoms with van der Waals surface area (Å²) in [5.74, 6) is 0.0290. The molecule has 0 bridgehead atoms. The van der Waals surface area contributed by atoms with Gasteiger partial charge in [-0.2, -0.15) is 0 Å². The van der Waals surface area contributed by atoms with Gasteiger partial charge in [0, 0.05) is 50.6 Å². The first-order valence-electron chi connectivity index (χ1n) is 10.6. The van der Waals surface area contributed by atoms with E-state index in [9.17, 15) is 9.59 Å². The van der Waals surface area contributed by atoms with Crippen molar-refractivity contribution in [3.63, 3.8) is 0 Å². The number of piperazine rings is 1. The van der Waals surface area contributed by atoms with Crippen LogP contribution in [0.5, 0.6) is 0 Å². The van der Waals surface area contributed by atoms with Crippen LogP contribution in [-0.4, -0.2) is 68.1 Å². The summed E-state index contributed by atoms with van der Waals surface area (Å²) < 4.78 is 5.53. The summed E-state index contributed by atoms with van der Waals surface area (Å²) >= 11 is 0. The van der Waals surface area contributed by atoms with Crippen LogP contribution in [0.3, 0.4) is 0 Å². The van der Waals surface area contributed by atoms with Crippen LogP contribution in [-0.2, 0) is 14.9 Å². The maximum Gasteiger partial charge on any atom is 0.253 e. The first kappa shape index (κ1) is 20.6. The maximum absolute atomic E-state index is 13.3. The van der Waals surface area contributed by atoms with Gasteiger partial charge in [0.05, 0.1) is 5.41 Å². The second kappa shape index (κ2) is 8.98. The van der Waals surface area contributed by atoms with Crippen molar-refractivity contribution in [2.75, 3.05) is 51.8 Å². The number of hydrogen-bond donors (Lipinski definition) is 1. The minimum absolute atomic E-state index is 0.0184. The quantitative estimate of drug-likeness (QED) is 0.847. The van der Waals surface area contributed by atoms with E-state index in [1.807, 2.05) is 47.4 Å². The van der Waals surface area contributed by atoms with Gasteiger partial charge in [0.15, 0.2) is 0 Å².